The second kappa shape index (κ2) is 3.90. The van der Waals surface area contributed by atoms with E-state index in [1.54, 1.807) is 0 Å². The average Bonchev–Trinajstić information content (AvgIpc) is 2.33. The Kier molecular flexibility index (Phi) is 3.09. The predicted octanol–water partition coefficient (Wildman–Crippen LogP) is 1.38. The highest BCUT2D eigenvalue weighted by Crippen LogP contribution is 2.20. The van der Waals surface area contributed by atoms with Crippen LogP contribution in [0.3, 0.4) is 0 Å². The number of likely N-dealkylation sites (tertiary alicyclic amines) is 1. The van der Waals surface area contributed by atoms with Crippen LogP contribution in [0.25, 0.3) is 0 Å². The molecule has 1 saturated heterocycles. The molecule has 0 spiro atoms. The molecule has 3 heteroatoms. The van der Waals surface area contributed by atoms with Crippen LogP contribution < -0.4 is 0 Å². The maximum absolute atomic E-state index is 10.7. The fraction of sp³-hybridized carbons (Fsp3) is 0.889. The largest absolute Gasteiger partial charge is 0.447 e. The number of ether oxygens (including phenoxy) is 1. The summed E-state index contributed by atoms with van der Waals surface area (Å²) in [7, 11) is 0. The van der Waals surface area contributed by atoms with Crippen LogP contribution in [-0.4, -0.2) is 29.7 Å². The van der Waals surface area contributed by atoms with Gasteiger partial charge in [-0.2, -0.15) is 0 Å². The van der Waals surface area contributed by atoms with Crippen molar-refractivity contribution in [3.8, 4) is 0 Å². The minimum absolute atomic E-state index is 0.0301. The standard InChI is InChI=1S/C9H17NO2/c1-7(2)10-6-4-5-9(10)12-8(3)11/h7,9H,4-6H2,1-3H3/t9-/m1/s1. The highest BCUT2D eigenvalue weighted by atomic mass is 16.6. The molecular weight excluding hydrogens is 154 g/mol. The van der Waals surface area contributed by atoms with Crippen LogP contribution in [-0.2, 0) is 9.53 Å². The first-order valence-electron chi connectivity index (χ1n) is 4.54. The van der Waals surface area contributed by atoms with E-state index in [-0.39, 0.29) is 12.2 Å². The van der Waals surface area contributed by atoms with Gasteiger partial charge in [-0.3, -0.25) is 9.69 Å². The molecular formula is C9H17NO2. The van der Waals surface area contributed by atoms with Gasteiger partial charge in [-0.25, -0.2) is 0 Å². The van der Waals surface area contributed by atoms with Crippen LogP contribution in [0.2, 0.25) is 0 Å². The summed E-state index contributed by atoms with van der Waals surface area (Å²) in [5.74, 6) is -0.174. The predicted molar refractivity (Wildman–Crippen MR) is 46.6 cm³/mol. The topological polar surface area (TPSA) is 29.5 Å². The molecule has 0 aliphatic carbocycles. The van der Waals surface area contributed by atoms with Crippen LogP contribution in [0.1, 0.15) is 33.6 Å². The first-order chi connectivity index (χ1) is 5.61. The lowest BCUT2D eigenvalue weighted by atomic mass is 10.3. The number of rotatable bonds is 2. The molecule has 0 aromatic heterocycles. The summed E-state index contributed by atoms with van der Waals surface area (Å²) in [6.45, 7) is 6.77. The summed E-state index contributed by atoms with van der Waals surface area (Å²) in [4.78, 5) is 12.9. The van der Waals surface area contributed by atoms with Crippen molar-refractivity contribution in [3.05, 3.63) is 0 Å². The summed E-state index contributed by atoms with van der Waals surface area (Å²) in [5.41, 5.74) is 0. The van der Waals surface area contributed by atoms with E-state index >= 15 is 0 Å². The molecule has 1 heterocycles. The highest BCUT2D eigenvalue weighted by molar-refractivity contribution is 5.66. The van der Waals surface area contributed by atoms with Gasteiger partial charge in [-0.1, -0.05) is 0 Å². The van der Waals surface area contributed by atoms with Gasteiger partial charge >= 0.3 is 5.97 Å². The first kappa shape index (κ1) is 9.52. The molecule has 0 unspecified atom stereocenters. The van der Waals surface area contributed by atoms with E-state index in [1.807, 2.05) is 0 Å². The Bertz CT molecular complexity index is 168. The number of hydrogen-bond donors (Lipinski definition) is 0. The van der Waals surface area contributed by atoms with Crippen molar-refractivity contribution in [2.75, 3.05) is 6.54 Å². The van der Waals surface area contributed by atoms with Crippen LogP contribution in [0.4, 0.5) is 0 Å². The van der Waals surface area contributed by atoms with Gasteiger partial charge < -0.3 is 4.74 Å². The Labute approximate surface area is 73.7 Å². The van der Waals surface area contributed by atoms with Gasteiger partial charge in [0.15, 0.2) is 6.23 Å². The van der Waals surface area contributed by atoms with Crippen LogP contribution in [0.15, 0.2) is 0 Å². The molecule has 3 nitrogen and oxygen atoms in total. The van der Waals surface area contributed by atoms with Gasteiger partial charge in [-0.05, 0) is 26.7 Å². The lowest BCUT2D eigenvalue weighted by molar-refractivity contribution is -0.155. The quantitative estimate of drug-likeness (QED) is 0.588. The molecule has 0 radical (unpaired) electrons. The smallest absolute Gasteiger partial charge is 0.304 e. The maximum Gasteiger partial charge on any atom is 0.304 e. The zero-order valence-corrected chi connectivity index (χ0v) is 8.04. The Morgan fingerprint density at radius 1 is 1.58 bits per heavy atom. The Morgan fingerprint density at radius 3 is 2.75 bits per heavy atom. The first-order valence-corrected chi connectivity index (χ1v) is 4.54. The van der Waals surface area contributed by atoms with Gasteiger partial charge in [0.05, 0.1) is 0 Å². The molecule has 0 N–H and O–H groups in total. The molecule has 1 aliphatic rings. The third kappa shape index (κ3) is 2.21. The van der Waals surface area contributed by atoms with Gasteiger partial charge in [0, 0.05) is 19.5 Å². The number of hydrogen-bond acceptors (Lipinski definition) is 3. The second-order valence-electron chi connectivity index (χ2n) is 3.54. The summed E-state index contributed by atoms with van der Waals surface area (Å²) in [5, 5.41) is 0. The highest BCUT2D eigenvalue weighted by Gasteiger charge is 2.28. The molecule has 0 aromatic rings. The molecule has 0 aromatic carbocycles. The lowest BCUT2D eigenvalue weighted by Crippen LogP contribution is -2.37. The zero-order chi connectivity index (χ0) is 9.14. The minimum Gasteiger partial charge on any atom is -0.447 e. The van der Waals surface area contributed by atoms with E-state index in [1.165, 1.54) is 6.92 Å². The van der Waals surface area contributed by atoms with Gasteiger partial charge in [0.1, 0.15) is 0 Å². The molecule has 1 fully saturated rings. The molecule has 12 heavy (non-hydrogen) atoms. The van der Waals surface area contributed by atoms with Crippen molar-refractivity contribution in [2.24, 2.45) is 0 Å². The van der Waals surface area contributed by atoms with Crippen molar-refractivity contribution >= 4 is 5.97 Å². The Morgan fingerprint density at radius 2 is 2.25 bits per heavy atom. The zero-order valence-electron chi connectivity index (χ0n) is 8.04. The third-order valence-electron chi connectivity index (χ3n) is 2.20. The monoisotopic (exact) mass is 171 g/mol. The van der Waals surface area contributed by atoms with Crippen LogP contribution in [0, 0.1) is 0 Å². The molecule has 70 valence electrons. The van der Waals surface area contributed by atoms with Crippen molar-refractivity contribution in [1.29, 1.82) is 0 Å². The van der Waals surface area contributed by atoms with E-state index in [2.05, 4.69) is 18.7 Å². The number of carbonyl (C=O) groups excluding carboxylic acids is 1. The molecule has 1 rings (SSSR count). The second-order valence-corrected chi connectivity index (χ2v) is 3.54. The fourth-order valence-corrected chi connectivity index (χ4v) is 1.67. The fourth-order valence-electron chi connectivity index (χ4n) is 1.67. The molecule has 0 saturated carbocycles. The molecule has 0 amide bonds. The normalized spacial score (nSPS) is 24.8. The van der Waals surface area contributed by atoms with E-state index in [0.717, 1.165) is 19.4 Å². The van der Waals surface area contributed by atoms with E-state index in [0.29, 0.717) is 6.04 Å². The maximum atomic E-state index is 10.7. The summed E-state index contributed by atoms with van der Waals surface area (Å²) >= 11 is 0. The van der Waals surface area contributed by atoms with Crippen molar-refractivity contribution < 1.29 is 9.53 Å². The molecule has 1 aliphatic heterocycles. The number of esters is 1. The minimum atomic E-state index is -0.174. The SMILES string of the molecule is CC(=O)O[C@@H]1CCCN1C(C)C. The molecule has 0 bridgehead atoms. The number of nitrogens with zero attached hydrogens (tertiary/aromatic N) is 1. The summed E-state index contributed by atoms with van der Waals surface area (Å²) in [6.07, 6.45) is 2.15. The van der Waals surface area contributed by atoms with Gasteiger partial charge in [0.25, 0.3) is 0 Å². The van der Waals surface area contributed by atoms with Crippen LogP contribution in [0.5, 0.6) is 0 Å². The third-order valence-corrected chi connectivity index (χ3v) is 2.20. The summed E-state index contributed by atoms with van der Waals surface area (Å²) in [6, 6.07) is 0.469. The van der Waals surface area contributed by atoms with Crippen molar-refractivity contribution in [3.63, 3.8) is 0 Å². The number of carbonyl (C=O) groups is 1. The summed E-state index contributed by atoms with van der Waals surface area (Å²) < 4.78 is 5.17. The van der Waals surface area contributed by atoms with E-state index < -0.39 is 0 Å². The Hall–Kier alpha value is -0.570. The van der Waals surface area contributed by atoms with Crippen LogP contribution >= 0.6 is 0 Å². The van der Waals surface area contributed by atoms with Crippen molar-refractivity contribution in [2.45, 2.75) is 45.9 Å². The molecule has 1 atom stereocenters. The van der Waals surface area contributed by atoms with Gasteiger partial charge in [-0.15, -0.1) is 0 Å². The Balaban J connectivity index is 2.46. The van der Waals surface area contributed by atoms with E-state index in [9.17, 15) is 4.79 Å². The average molecular weight is 171 g/mol. The van der Waals surface area contributed by atoms with E-state index in [4.69, 9.17) is 4.74 Å². The lowest BCUT2D eigenvalue weighted by Gasteiger charge is -2.27. The van der Waals surface area contributed by atoms with Crippen molar-refractivity contribution in [1.82, 2.24) is 4.90 Å². The van der Waals surface area contributed by atoms with Gasteiger partial charge in [0.2, 0.25) is 0 Å².